The molecule has 4 heteroatoms. The zero-order valence-corrected chi connectivity index (χ0v) is 10.9. The van der Waals surface area contributed by atoms with Gasteiger partial charge in [-0.15, -0.1) is 0 Å². The Morgan fingerprint density at radius 2 is 2.11 bits per heavy atom. The molecule has 98 valence electrons. The third-order valence-electron chi connectivity index (χ3n) is 3.68. The average Bonchev–Trinajstić information content (AvgIpc) is 2.32. The van der Waals surface area contributed by atoms with Crippen LogP contribution in [0.2, 0.25) is 0 Å². The van der Waals surface area contributed by atoms with Crippen molar-refractivity contribution in [1.82, 2.24) is 0 Å². The van der Waals surface area contributed by atoms with Crippen LogP contribution in [0.3, 0.4) is 0 Å². The molecule has 1 aliphatic heterocycles. The molecule has 0 spiro atoms. The number of nitrogen functional groups attached to an aromatic ring is 1. The lowest BCUT2D eigenvalue weighted by atomic mass is 9.93. The molecule has 2 rings (SSSR count). The third-order valence-corrected chi connectivity index (χ3v) is 3.68. The zero-order chi connectivity index (χ0) is 13.3. The van der Waals surface area contributed by atoms with Crippen LogP contribution in [0.4, 0.5) is 10.1 Å². The Bertz CT molecular complexity index is 458. The zero-order valence-electron chi connectivity index (χ0n) is 10.9. The van der Waals surface area contributed by atoms with E-state index in [1.807, 2.05) is 0 Å². The number of nitrogens with one attached hydrogen (secondary N) is 1. The van der Waals surface area contributed by atoms with Gasteiger partial charge in [-0.1, -0.05) is 6.92 Å². The fourth-order valence-corrected chi connectivity index (χ4v) is 2.60. The molecule has 1 fully saturated rings. The first kappa shape index (κ1) is 12.9. The van der Waals surface area contributed by atoms with Crippen LogP contribution in [0.25, 0.3) is 0 Å². The van der Waals surface area contributed by atoms with Gasteiger partial charge in [0.05, 0.1) is 0 Å². The minimum Gasteiger partial charge on any atom is -0.384 e. The van der Waals surface area contributed by atoms with Crippen molar-refractivity contribution in [3.63, 3.8) is 0 Å². The summed E-state index contributed by atoms with van der Waals surface area (Å²) >= 11 is 0. The van der Waals surface area contributed by atoms with E-state index in [0.717, 1.165) is 18.7 Å². The number of benzene rings is 1. The van der Waals surface area contributed by atoms with Crippen molar-refractivity contribution in [2.75, 3.05) is 11.4 Å². The highest BCUT2D eigenvalue weighted by atomic mass is 19.1. The Morgan fingerprint density at radius 3 is 2.78 bits per heavy atom. The summed E-state index contributed by atoms with van der Waals surface area (Å²) in [4.78, 5) is 2.24. The second kappa shape index (κ2) is 4.96. The lowest BCUT2D eigenvalue weighted by Crippen LogP contribution is -2.42. The summed E-state index contributed by atoms with van der Waals surface area (Å²) in [5.74, 6) is 0.197. The van der Waals surface area contributed by atoms with Crippen molar-refractivity contribution in [3.8, 4) is 0 Å². The van der Waals surface area contributed by atoms with Gasteiger partial charge in [0.15, 0.2) is 0 Å². The number of anilines is 1. The number of halogens is 1. The highest BCUT2D eigenvalue weighted by Crippen LogP contribution is 2.30. The Balaban J connectivity index is 2.40. The lowest BCUT2D eigenvalue weighted by molar-refractivity contribution is 0.390. The van der Waals surface area contributed by atoms with Crippen LogP contribution >= 0.6 is 0 Å². The van der Waals surface area contributed by atoms with Crippen LogP contribution in [-0.4, -0.2) is 18.4 Å². The summed E-state index contributed by atoms with van der Waals surface area (Å²) in [6, 6.07) is 4.93. The van der Waals surface area contributed by atoms with Gasteiger partial charge in [0, 0.05) is 23.8 Å². The summed E-state index contributed by atoms with van der Waals surface area (Å²) in [6.45, 7) is 5.32. The first-order valence-corrected chi connectivity index (χ1v) is 6.39. The second-order valence-electron chi connectivity index (χ2n) is 5.26. The molecule has 0 aromatic heterocycles. The van der Waals surface area contributed by atoms with Crippen LogP contribution < -0.4 is 10.6 Å². The number of piperidine rings is 1. The van der Waals surface area contributed by atoms with Crippen LogP contribution in [0, 0.1) is 17.1 Å². The molecule has 0 aliphatic carbocycles. The number of hydrogen-bond acceptors (Lipinski definition) is 2. The maximum Gasteiger partial charge on any atom is 0.125 e. The maximum absolute atomic E-state index is 13.3. The molecule has 0 amide bonds. The van der Waals surface area contributed by atoms with Crippen molar-refractivity contribution in [2.45, 2.75) is 32.7 Å². The van der Waals surface area contributed by atoms with Crippen molar-refractivity contribution in [2.24, 2.45) is 11.7 Å². The first-order chi connectivity index (χ1) is 8.49. The molecule has 18 heavy (non-hydrogen) atoms. The van der Waals surface area contributed by atoms with Gasteiger partial charge in [0.1, 0.15) is 11.7 Å². The van der Waals surface area contributed by atoms with Crippen molar-refractivity contribution in [1.29, 1.82) is 5.41 Å². The van der Waals surface area contributed by atoms with Gasteiger partial charge < -0.3 is 10.6 Å². The second-order valence-corrected chi connectivity index (χ2v) is 5.26. The molecule has 0 bridgehead atoms. The number of nitrogens with zero attached hydrogens (tertiary/aromatic N) is 1. The van der Waals surface area contributed by atoms with E-state index in [1.54, 1.807) is 6.07 Å². The molecule has 1 aromatic rings. The maximum atomic E-state index is 13.3. The Hall–Kier alpha value is -1.58. The van der Waals surface area contributed by atoms with E-state index in [1.165, 1.54) is 18.6 Å². The molecule has 3 nitrogen and oxygen atoms in total. The number of nitrogens with two attached hydrogens (primary N) is 1. The Kier molecular flexibility index (Phi) is 3.55. The smallest absolute Gasteiger partial charge is 0.125 e. The van der Waals surface area contributed by atoms with Gasteiger partial charge in [-0.25, -0.2) is 4.39 Å². The minimum absolute atomic E-state index is 0.0741. The predicted octanol–water partition coefficient (Wildman–Crippen LogP) is 2.73. The summed E-state index contributed by atoms with van der Waals surface area (Å²) in [5, 5.41) is 7.59. The van der Waals surface area contributed by atoms with E-state index in [0.29, 0.717) is 17.5 Å². The van der Waals surface area contributed by atoms with Gasteiger partial charge >= 0.3 is 0 Å². The first-order valence-electron chi connectivity index (χ1n) is 6.39. The monoisotopic (exact) mass is 249 g/mol. The molecule has 1 heterocycles. The van der Waals surface area contributed by atoms with Crippen LogP contribution in [0.15, 0.2) is 18.2 Å². The standard InChI is InChI=1S/C14H20FN3/c1-9-3-4-10(2)18(8-9)13-6-5-11(15)7-12(13)14(16)17/h5-7,9-10H,3-4,8H2,1-2H3,(H3,16,17). The van der Waals surface area contributed by atoms with Gasteiger partial charge in [-0.3, -0.25) is 5.41 Å². The van der Waals surface area contributed by atoms with Crippen molar-refractivity contribution in [3.05, 3.63) is 29.6 Å². The van der Waals surface area contributed by atoms with E-state index in [9.17, 15) is 4.39 Å². The fourth-order valence-electron chi connectivity index (χ4n) is 2.60. The van der Waals surface area contributed by atoms with E-state index in [4.69, 9.17) is 11.1 Å². The van der Waals surface area contributed by atoms with E-state index in [-0.39, 0.29) is 11.7 Å². The third kappa shape index (κ3) is 2.47. The van der Waals surface area contributed by atoms with Gasteiger partial charge in [0.2, 0.25) is 0 Å². The SMILES string of the molecule is CC1CCC(C)N(c2ccc(F)cc2C(=N)N)C1. The molecule has 0 radical (unpaired) electrons. The lowest BCUT2D eigenvalue weighted by Gasteiger charge is -2.39. The summed E-state index contributed by atoms with van der Waals surface area (Å²) in [7, 11) is 0. The Morgan fingerprint density at radius 1 is 1.39 bits per heavy atom. The fraction of sp³-hybridized carbons (Fsp3) is 0.500. The topological polar surface area (TPSA) is 53.1 Å². The summed E-state index contributed by atoms with van der Waals surface area (Å²) in [5.41, 5.74) is 6.93. The van der Waals surface area contributed by atoms with Crippen LogP contribution in [-0.2, 0) is 0 Å². The largest absolute Gasteiger partial charge is 0.384 e. The average molecular weight is 249 g/mol. The van der Waals surface area contributed by atoms with Crippen molar-refractivity contribution < 1.29 is 4.39 Å². The van der Waals surface area contributed by atoms with Crippen LogP contribution in [0.5, 0.6) is 0 Å². The minimum atomic E-state index is -0.346. The van der Waals surface area contributed by atoms with E-state index in [2.05, 4.69) is 18.7 Å². The van der Waals surface area contributed by atoms with Gasteiger partial charge in [-0.2, -0.15) is 0 Å². The van der Waals surface area contributed by atoms with Crippen molar-refractivity contribution >= 4 is 11.5 Å². The number of hydrogen-bond donors (Lipinski definition) is 2. The Labute approximate surface area is 107 Å². The molecule has 1 aliphatic rings. The molecular weight excluding hydrogens is 229 g/mol. The molecule has 2 atom stereocenters. The predicted molar refractivity (Wildman–Crippen MR) is 72.6 cm³/mol. The molecular formula is C14H20FN3. The normalized spacial score (nSPS) is 24.1. The van der Waals surface area contributed by atoms with E-state index >= 15 is 0 Å². The van der Waals surface area contributed by atoms with Crippen LogP contribution in [0.1, 0.15) is 32.3 Å². The summed E-state index contributed by atoms with van der Waals surface area (Å²) < 4.78 is 13.3. The van der Waals surface area contributed by atoms with E-state index < -0.39 is 0 Å². The van der Waals surface area contributed by atoms with Gasteiger partial charge in [-0.05, 0) is 43.9 Å². The molecule has 2 unspecified atom stereocenters. The highest BCUT2D eigenvalue weighted by Gasteiger charge is 2.25. The molecule has 1 saturated heterocycles. The quantitative estimate of drug-likeness (QED) is 0.625. The molecule has 1 aromatic carbocycles. The molecule has 0 saturated carbocycles. The van der Waals surface area contributed by atoms with Gasteiger partial charge in [0.25, 0.3) is 0 Å². The number of amidine groups is 1. The highest BCUT2D eigenvalue weighted by molar-refractivity contribution is 6.00. The number of rotatable bonds is 2. The molecule has 3 N–H and O–H groups in total. The summed E-state index contributed by atoms with van der Waals surface area (Å²) in [6.07, 6.45) is 2.34.